The van der Waals surface area contributed by atoms with Crippen LogP contribution in [0.1, 0.15) is 25.8 Å². The van der Waals surface area contributed by atoms with Crippen LogP contribution in [0.3, 0.4) is 0 Å². The molecular weight excluding hydrogens is 222 g/mol. The monoisotopic (exact) mass is 237 g/mol. The third kappa shape index (κ3) is 1.94. The van der Waals surface area contributed by atoms with Crippen LogP contribution < -0.4 is 4.90 Å². The van der Waals surface area contributed by atoms with Gasteiger partial charge < -0.3 is 4.90 Å². The van der Waals surface area contributed by atoms with Gasteiger partial charge in [0.15, 0.2) is 0 Å². The van der Waals surface area contributed by atoms with E-state index in [0.29, 0.717) is 0 Å². The van der Waals surface area contributed by atoms with Crippen molar-refractivity contribution in [2.45, 2.75) is 38.1 Å². The number of nitrogens with zero attached hydrogens (tertiary/aromatic N) is 1. The fourth-order valence-electron chi connectivity index (χ4n) is 2.22. The van der Waals surface area contributed by atoms with E-state index < -0.39 is 5.38 Å². The second-order valence-corrected chi connectivity index (χ2v) is 5.00. The van der Waals surface area contributed by atoms with Crippen LogP contribution in [-0.4, -0.2) is 17.3 Å². The number of carbonyl (C=O) groups is 1. The van der Waals surface area contributed by atoms with Crippen molar-refractivity contribution in [3.63, 3.8) is 0 Å². The lowest BCUT2D eigenvalue weighted by Gasteiger charge is -2.36. The van der Waals surface area contributed by atoms with Crippen molar-refractivity contribution >= 4 is 23.2 Å². The Bertz CT molecular complexity index is 403. The van der Waals surface area contributed by atoms with Crippen LogP contribution in [0.15, 0.2) is 24.3 Å². The normalized spacial score (nSPS) is 21.4. The summed E-state index contributed by atoms with van der Waals surface area (Å²) in [4.78, 5) is 13.9. The van der Waals surface area contributed by atoms with Gasteiger partial charge in [0.05, 0.1) is 0 Å². The molecule has 1 aromatic rings. The molecule has 2 rings (SSSR count). The van der Waals surface area contributed by atoms with E-state index in [1.165, 1.54) is 5.56 Å². The molecule has 16 heavy (non-hydrogen) atoms. The van der Waals surface area contributed by atoms with Gasteiger partial charge in [0.25, 0.3) is 0 Å². The molecule has 3 heteroatoms. The van der Waals surface area contributed by atoms with Gasteiger partial charge in [0, 0.05) is 11.7 Å². The molecule has 0 radical (unpaired) electrons. The fourth-order valence-corrected chi connectivity index (χ4v) is 2.32. The van der Waals surface area contributed by atoms with Gasteiger partial charge in [0.1, 0.15) is 5.38 Å². The minimum absolute atomic E-state index is 0.00122. The van der Waals surface area contributed by atoms with Gasteiger partial charge in [-0.3, -0.25) is 4.79 Å². The summed E-state index contributed by atoms with van der Waals surface area (Å²) in [5.41, 5.74) is 2.27. The molecule has 86 valence electrons. The molecule has 1 aliphatic heterocycles. The maximum absolute atomic E-state index is 12.1. The summed E-state index contributed by atoms with van der Waals surface area (Å²) in [5, 5.41) is -0.464. The van der Waals surface area contributed by atoms with Crippen molar-refractivity contribution in [1.82, 2.24) is 0 Å². The highest BCUT2D eigenvalue weighted by atomic mass is 35.5. The van der Waals surface area contributed by atoms with Crippen molar-refractivity contribution in [3.8, 4) is 0 Å². The van der Waals surface area contributed by atoms with Crippen LogP contribution in [0.2, 0.25) is 0 Å². The highest BCUT2D eigenvalue weighted by Crippen LogP contribution is 2.31. The molecule has 2 nitrogen and oxygen atoms in total. The molecule has 0 bridgehead atoms. The maximum Gasteiger partial charge on any atom is 0.245 e. The van der Waals surface area contributed by atoms with E-state index in [9.17, 15) is 4.79 Å². The molecule has 0 aromatic heterocycles. The zero-order chi connectivity index (χ0) is 11.7. The topological polar surface area (TPSA) is 20.3 Å². The van der Waals surface area contributed by atoms with E-state index in [4.69, 9.17) is 11.6 Å². The number of hydrogen-bond acceptors (Lipinski definition) is 1. The van der Waals surface area contributed by atoms with Gasteiger partial charge in [0.2, 0.25) is 5.91 Å². The summed E-state index contributed by atoms with van der Waals surface area (Å²) < 4.78 is 0. The van der Waals surface area contributed by atoms with Crippen molar-refractivity contribution in [3.05, 3.63) is 29.8 Å². The first-order chi connectivity index (χ1) is 7.61. The lowest BCUT2D eigenvalue weighted by Crippen LogP contribution is -2.45. The van der Waals surface area contributed by atoms with Gasteiger partial charge in [-0.15, -0.1) is 11.6 Å². The number of alkyl halides is 1. The fraction of sp³-hybridized carbons (Fsp3) is 0.462. The van der Waals surface area contributed by atoms with Gasteiger partial charge in [-0.1, -0.05) is 18.2 Å². The summed E-state index contributed by atoms with van der Waals surface area (Å²) in [6.07, 6.45) is 2.05. The summed E-state index contributed by atoms with van der Waals surface area (Å²) in [5.74, 6) is 0.00122. The molecule has 2 atom stereocenters. The number of amides is 1. The predicted molar refractivity (Wildman–Crippen MR) is 67.0 cm³/mol. The molecule has 0 spiro atoms. The van der Waals surface area contributed by atoms with Crippen LogP contribution in [0, 0.1) is 0 Å². The Morgan fingerprint density at radius 1 is 1.50 bits per heavy atom. The summed E-state index contributed by atoms with van der Waals surface area (Å²) in [6.45, 7) is 3.81. The van der Waals surface area contributed by atoms with E-state index in [-0.39, 0.29) is 11.9 Å². The van der Waals surface area contributed by atoms with E-state index >= 15 is 0 Å². The number of aryl methyl sites for hydroxylation is 1. The highest BCUT2D eigenvalue weighted by Gasteiger charge is 2.29. The Morgan fingerprint density at radius 3 is 2.88 bits per heavy atom. The third-order valence-electron chi connectivity index (χ3n) is 3.10. The molecule has 1 aliphatic rings. The molecule has 1 heterocycles. The van der Waals surface area contributed by atoms with Crippen molar-refractivity contribution < 1.29 is 4.79 Å². The number of rotatable bonds is 1. The zero-order valence-electron chi connectivity index (χ0n) is 9.61. The van der Waals surface area contributed by atoms with Crippen molar-refractivity contribution in [2.24, 2.45) is 0 Å². The number of anilines is 1. The Balaban J connectivity index is 2.40. The molecule has 0 saturated heterocycles. The number of hydrogen-bond donors (Lipinski definition) is 0. The first kappa shape index (κ1) is 11.5. The van der Waals surface area contributed by atoms with Crippen LogP contribution >= 0.6 is 11.6 Å². The average Bonchev–Trinajstić information content (AvgIpc) is 2.28. The predicted octanol–water partition coefficient (Wildman–Crippen LogP) is 2.98. The second-order valence-electron chi connectivity index (χ2n) is 4.34. The SMILES string of the molecule is C[C@H](Cl)C(=O)N1c2ccccc2CC[C@H]1C. The summed E-state index contributed by atoms with van der Waals surface area (Å²) in [7, 11) is 0. The van der Waals surface area contributed by atoms with Crippen LogP contribution in [-0.2, 0) is 11.2 Å². The Morgan fingerprint density at radius 2 is 2.19 bits per heavy atom. The lowest BCUT2D eigenvalue weighted by atomic mass is 9.96. The van der Waals surface area contributed by atoms with Gasteiger partial charge >= 0.3 is 0 Å². The highest BCUT2D eigenvalue weighted by molar-refractivity contribution is 6.32. The summed E-state index contributed by atoms with van der Waals surface area (Å²) >= 11 is 5.90. The smallest absolute Gasteiger partial charge is 0.245 e. The zero-order valence-corrected chi connectivity index (χ0v) is 10.4. The molecule has 0 N–H and O–H groups in total. The number of halogens is 1. The van der Waals surface area contributed by atoms with Crippen LogP contribution in [0.4, 0.5) is 5.69 Å². The maximum atomic E-state index is 12.1. The molecule has 0 aliphatic carbocycles. The molecular formula is C13H16ClNO. The lowest BCUT2D eigenvalue weighted by molar-refractivity contribution is -0.118. The molecule has 0 saturated carbocycles. The molecule has 0 unspecified atom stereocenters. The minimum Gasteiger partial charge on any atom is -0.308 e. The van der Waals surface area contributed by atoms with Crippen molar-refractivity contribution in [2.75, 3.05) is 4.90 Å². The van der Waals surface area contributed by atoms with E-state index in [1.807, 2.05) is 23.1 Å². The number of fused-ring (bicyclic) bond motifs is 1. The number of carbonyl (C=O) groups excluding carboxylic acids is 1. The molecule has 0 fully saturated rings. The summed E-state index contributed by atoms with van der Waals surface area (Å²) in [6, 6.07) is 8.31. The molecule has 1 aromatic carbocycles. The van der Waals surface area contributed by atoms with Gasteiger partial charge in [-0.25, -0.2) is 0 Å². The number of para-hydroxylation sites is 1. The van der Waals surface area contributed by atoms with Crippen molar-refractivity contribution in [1.29, 1.82) is 0 Å². The third-order valence-corrected chi connectivity index (χ3v) is 3.29. The quantitative estimate of drug-likeness (QED) is 0.688. The van der Waals surface area contributed by atoms with Crippen LogP contribution in [0.25, 0.3) is 0 Å². The van der Waals surface area contributed by atoms with Crippen LogP contribution in [0.5, 0.6) is 0 Å². The second kappa shape index (κ2) is 4.46. The Hall–Kier alpha value is -1.02. The average molecular weight is 238 g/mol. The van der Waals surface area contributed by atoms with E-state index in [2.05, 4.69) is 13.0 Å². The van der Waals surface area contributed by atoms with Gasteiger partial charge in [-0.05, 0) is 38.3 Å². The Kier molecular flexibility index (Phi) is 3.20. The molecule has 1 amide bonds. The van der Waals surface area contributed by atoms with E-state index in [1.54, 1.807) is 6.92 Å². The van der Waals surface area contributed by atoms with E-state index in [0.717, 1.165) is 18.5 Å². The first-order valence-electron chi connectivity index (χ1n) is 5.66. The number of benzene rings is 1. The largest absolute Gasteiger partial charge is 0.308 e. The van der Waals surface area contributed by atoms with Gasteiger partial charge in [-0.2, -0.15) is 0 Å². The first-order valence-corrected chi connectivity index (χ1v) is 6.10. The Labute approximate surface area is 101 Å². The minimum atomic E-state index is -0.464. The standard InChI is InChI=1S/C13H16ClNO/c1-9-7-8-11-5-3-4-6-12(11)15(9)13(16)10(2)14/h3-6,9-10H,7-8H2,1-2H3/t9-,10+/m1/s1.